The summed E-state index contributed by atoms with van der Waals surface area (Å²) in [7, 11) is 3.29. The molecule has 5 nitrogen and oxygen atoms in total. The third-order valence-electron chi connectivity index (χ3n) is 3.02. The second kappa shape index (κ2) is 7.06. The highest BCUT2D eigenvalue weighted by atomic mass is 16.5. The van der Waals surface area contributed by atoms with Gasteiger partial charge < -0.3 is 20.1 Å². The molecule has 0 aliphatic heterocycles. The van der Waals surface area contributed by atoms with Crippen LogP contribution in [-0.2, 0) is 4.74 Å². The van der Waals surface area contributed by atoms with Crippen LogP contribution in [0.3, 0.4) is 0 Å². The van der Waals surface area contributed by atoms with Crippen LogP contribution in [0.4, 0.5) is 11.5 Å². The zero-order chi connectivity index (χ0) is 13.5. The molecule has 0 radical (unpaired) electrons. The lowest BCUT2D eigenvalue weighted by Crippen LogP contribution is -2.36. The van der Waals surface area contributed by atoms with Crippen LogP contribution in [0.15, 0.2) is 12.1 Å². The molecule has 1 atom stereocenters. The van der Waals surface area contributed by atoms with Gasteiger partial charge in [0.1, 0.15) is 0 Å². The molecule has 18 heavy (non-hydrogen) atoms. The van der Waals surface area contributed by atoms with Crippen LogP contribution in [0, 0.1) is 0 Å². The molecule has 0 fully saturated rings. The first kappa shape index (κ1) is 14.6. The summed E-state index contributed by atoms with van der Waals surface area (Å²) in [4.78, 5) is 6.59. The second-order valence-corrected chi connectivity index (χ2v) is 4.21. The van der Waals surface area contributed by atoms with Gasteiger partial charge in [0, 0.05) is 25.8 Å². The fraction of sp³-hybridized carbons (Fsp3) is 0.615. The molecule has 0 bridgehead atoms. The fourth-order valence-electron chi connectivity index (χ4n) is 1.73. The molecule has 0 saturated heterocycles. The van der Waals surface area contributed by atoms with E-state index < -0.39 is 0 Å². The summed E-state index contributed by atoms with van der Waals surface area (Å²) in [6.07, 6.45) is 1.02. The van der Waals surface area contributed by atoms with E-state index >= 15 is 0 Å². The zero-order valence-corrected chi connectivity index (χ0v) is 11.6. The smallest absolute Gasteiger partial charge is 0.215 e. The molecule has 0 aromatic carbocycles. The molecule has 1 unspecified atom stereocenters. The Labute approximate surface area is 109 Å². The Hall–Kier alpha value is -1.49. The predicted molar refractivity (Wildman–Crippen MR) is 74.2 cm³/mol. The fourth-order valence-corrected chi connectivity index (χ4v) is 1.73. The van der Waals surface area contributed by atoms with E-state index in [2.05, 4.69) is 23.7 Å². The highest BCUT2D eigenvalue weighted by Gasteiger charge is 2.17. The lowest BCUT2D eigenvalue weighted by Gasteiger charge is -2.30. The molecule has 1 aromatic rings. The van der Waals surface area contributed by atoms with E-state index in [-0.39, 0.29) is 0 Å². The molecule has 0 amide bonds. The van der Waals surface area contributed by atoms with Crippen LogP contribution in [0.1, 0.15) is 20.3 Å². The van der Waals surface area contributed by atoms with E-state index in [1.165, 1.54) is 0 Å². The molecule has 2 N–H and O–H groups in total. The number of nitrogens with two attached hydrogens (primary N) is 1. The quantitative estimate of drug-likeness (QED) is 0.804. The number of hydrogen-bond acceptors (Lipinski definition) is 5. The standard InChI is InChI=1S/C13H23N3O2/c1-5-10(2)16(8-9-17-3)13-11(14)6-7-12(15-13)18-4/h6-7,10H,5,8-9,14H2,1-4H3. The number of anilines is 2. The molecular formula is C13H23N3O2. The lowest BCUT2D eigenvalue weighted by molar-refractivity contribution is 0.203. The van der Waals surface area contributed by atoms with Crippen molar-refractivity contribution in [1.82, 2.24) is 4.98 Å². The Balaban J connectivity index is 3.02. The topological polar surface area (TPSA) is 60.6 Å². The molecule has 102 valence electrons. The summed E-state index contributed by atoms with van der Waals surface area (Å²) in [5.74, 6) is 1.34. The van der Waals surface area contributed by atoms with Crippen LogP contribution in [0.25, 0.3) is 0 Å². The molecule has 0 saturated carbocycles. The number of aromatic nitrogens is 1. The van der Waals surface area contributed by atoms with Gasteiger partial charge >= 0.3 is 0 Å². The molecule has 1 heterocycles. The normalized spacial score (nSPS) is 12.2. The Morgan fingerprint density at radius 2 is 2.11 bits per heavy atom. The van der Waals surface area contributed by atoms with E-state index in [9.17, 15) is 0 Å². The maximum Gasteiger partial charge on any atom is 0.215 e. The van der Waals surface area contributed by atoms with Crippen LogP contribution in [0.2, 0.25) is 0 Å². The van der Waals surface area contributed by atoms with E-state index in [0.717, 1.165) is 18.8 Å². The van der Waals surface area contributed by atoms with Crippen molar-refractivity contribution in [2.24, 2.45) is 0 Å². The first-order valence-corrected chi connectivity index (χ1v) is 6.20. The zero-order valence-electron chi connectivity index (χ0n) is 11.6. The van der Waals surface area contributed by atoms with Gasteiger partial charge in [-0.2, -0.15) is 4.98 Å². The van der Waals surface area contributed by atoms with Crippen LogP contribution < -0.4 is 15.4 Å². The monoisotopic (exact) mass is 253 g/mol. The van der Waals surface area contributed by atoms with Crippen molar-refractivity contribution in [2.45, 2.75) is 26.3 Å². The summed E-state index contributed by atoms with van der Waals surface area (Å²) in [5.41, 5.74) is 6.67. The summed E-state index contributed by atoms with van der Waals surface area (Å²) < 4.78 is 10.3. The third-order valence-corrected chi connectivity index (χ3v) is 3.02. The molecule has 5 heteroatoms. The van der Waals surface area contributed by atoms with Crippen molar-refractivity contribution >= 4 is 11.5 Å². The van der Waals surface area contributed by atoms with Crippen LogP contribution in [-0.4, -0.2) is 38.4 Å². The Morgan fingerprint density at radius 3 is 2.67 bits per heavy atom. The van der Waals surface area contributed by atoms with Crippen molar-refractivity contribution in [3.63, 3.8) is 0 Å². The highest BCUT2D eigenvalue weighted by Crippen LogP contribution is 2.26. The third kappa shape index (κ3) is 3.50. The molecule has 1 aromatic heterocycles. The Morgan fingerprint density at radius 1 is 1.39 bits per heavy atom. The van der Waals surface area contributed by atoms with E-state index in [1.807, 2.05) is 6.07 Å². The minimum absolute atomic E-state index is 0.349. The lowest BCUT2D eigenvalue weighted by atomic mass is 10.2. The van der Waals surface area contributed by atoms with Gasteiger partial charge in [-0.15, -0.1) is 0 Å². The summed E-state index contributed by atoms with van der Waals surface area (Å²) in [6.45, 7) is 5.69. The number of hydrogen-bond donors (Lipinski definition) is 1. The SMILES string of the molecule is CCC(C)N(CCOC)c1nc(OC)ccc1N. The number of pyridine rings is 1. The number of methoxy groups -OCH3 is 2. The Bertz CT molecular complexity index is 371. The van der Waals surface area contributed by atoms with Gasteiger partial charge in [0.05, 0.1) is 19.4 Å². The van der Waals surface area contributed by atoms with Crippen molar-refractivity contribution < 1.29 is 9.47 Å². The van der Waals surface area contributed by atoms with E-state index in [0.29, 0.717) is 24.2 Å². The molecular weight excluding hydrogens is 230 g/mol. The minimum atomic E-state index is 0.349. The van der Waals surface area contributed by atoms with Gasteiger partial charge in [-0.1, -0.05) is 6.92 Å². The van der Waals surface area contributed by atoms with Gasteiger partial charge in [0.15, 0.2) is 5.82 Å². The van der Waals surface area contributed by atoms with Gasteiger partial charge in [-0.3, -0.25) is 0 Å². The second-order valence-electron chi connectivity index (χ2n) is 4.21. The summed E-state index contributed by atoms with van der Waals surface area (Å²) in [5, 5.41) is 0. The van der Waals surface area contributed by atoms with E-state index in [4.69, 9.17) is 15.2 Å². The van der Waals surface area contributed by atoms with Gasteiger partial charge in [-0.05, 0) is 19.4 Å². The molecule has 0 spiro atoms. The maximum absolute atomic E-state index is 6.01. The number of rotatable bonds is 7. The molecule has 0 aliphatic carbocycles. The first-order chi connectivity index (χ1) is 8.63. The predicted octanol–water partition coefficient (Wildman–Crippen LogP) is 1.92. The Kier molecular flexibility index (Phi) is 5.71. The van der Waals surface area contributed by atoms with Crippen molar-refractivity contribution in [3.05, 3.63) is 12.1 Å². The van der Waals surface area contributed by atoms with E-state index in [1.54, 1.807) is 20.3 Å². The van der Waals surface area contributed by atoms with Gasteiger partial charge in [-0.25, -0.2) is 0 Å². The maximum atomic E-state index is 6.01. The average molecular weight is 253 g/mol. The molecule has 1 rings (SSSR count). The van der Waals surface area contributed by atoms with Crippen LogP contribution >= 0.6 is 0 Å². The number of nitrogen functional groups attached to an aromatic ring is 1. The van der Waals surface area contributed by atoms with Crippen molar-refractivity contribution in [3.8, 4) is 5.88 Å². The first-order valence-electron chi connectivity index (χ1n) is 6.20. The largest absolute Gasteiger partial charge is 0.481 e. The van der Waals surface area contributed by atoms with Gasteiger partial charge in [0.2, 0.25) is 5.88 Å². The summed E-state index contributed by atoms with van der Waals surface area (Å²) in [6, 6.07) is 3.94. The van der Waals surface area contributed by atoms with Crippen molar-refractivity contribution in [1.29, 1.82) is 0 Å². The van der Waals surface area contributed by atoms with Crippen LogP contribution in [0.5, 0.6) is 5.88 Å². The molecule has 0 aliphatic rings. The van der Waals surface area contributed by atoms with Crippen molar-refractivity contribution in [2.75, 3.05) is 38.0 Å². The van der Waals surface area contributed by atoms with Gasteiger partial charge in [0.25, 0.3) is 0 Å². The number of nitrogens with zero attached hydrogens (tertiary/aromatic N) is 2. The highest BCUT2D eigenvalue weighted by molar-refractivity contribution is 5.64. The minimum Gasteiger partial charge on any atom is -0.481 e. The number of ether oxygens (including phenoxy) is 2. The average Bonchev–Trinajstić information content (AvgIpc) is 2.40. The summed E-state index contributed by atoms with van der Waals surface area (Å²) >= 11 is 0.